The highest BCUT2D eigenvalue weighted by Gasteiger charge is 2.20. The van der Waals surface area contributed by atoms with Gasteiger partial charge in [0.1, 0.15) is 5.65 Å². The van der Waals surface area contributed by atoms with Crippen molar-refractivity contribution in [1.82, 2.24) is 14.9 Å². The predicted molar refractivity (Wildman–Crippen MR) is 114 cm³/mol. The van der Waals surface area contributed by atoms with Crippen LogP contribution < -0.4 is 10.0 Å². The highest BCUT2D eigenvalue weighted by Crippen LogP contribution is 2.36. The number of aromatic nitrogens is 2. The molecule has 0 saturated carbocycles. The number of nitrogens with zero attached hydrogens (tertiary/aromatic N) is 2. The number of pyridine rings is 1. The first kappa shape index (κ1) is 17.9. The summed E-state index contributed by atoms with van der Waals surface area (Å²) in [5.41, 5.74) is 5.83. The van der Waals surface area contributed by atoms with Crippen LogP contribution >= 0.6 is 0 Å². The van der Waals surface area contributed by atoms with Crippen molar-refractivity contribution in [3.8, 4) is 11.1 Å². The molecule has 0 unspecified atom stereocenters. The zero-order valence-corrected chi connectivity index (χ0v) is 16.7. The van der Waals surface area contributed by atoms with Crippen molar-refractivity contribution in [3.05, 3.63) is 78.1 Å². The molecule has 2 aromatic carbocycles. The van der Waals surface area contributed by atoms with Gasteiger partial charge in [-0.25, -0.2) is 13.4 Å². The van der Waals surface area contributed by atoms with Crippen LogP contribution in [0.2, 0.25) is 0 Å². The number of hydrogen-bond acceptors (Lipinski definition) is 4. The Kier molecular flexibility index (Phi) is 4.15. The van der Waals surface area contributed by atoms with E-state index in [4.69, 9.17) is 0 Å². The van der Waals surface area contributed by atoms with Crippen molar-refractivity contribution in [1.29, 1.82) is 0 Å². The lowest BCUT2D eigenvalue weighted by molar-refractivity contribution is 0.601. The molecule has 0 atom stereocenters. The minimum atomic E-state index is -3.70. The molecule has 146 valence electrons. The molecule has 0 aliphatic carbocycles. The fraction of sp³-hybridized carbons (Fsp3) is 0.136. The number of nitrogens with one attached hydrogen (secondary N) is 2. The third kappa shape index (κ3) is 3.08. The molecule has 6 nitrogen and oxygen atoms in total. The van der Waals surface area contributed by atoms with E-state index in [-0.39, 0.29) is 4.90 Å². The van der Waals surface area contributed by atoms with Crippen LogP contribution in [0.25, 0.3) is 22.2 Å². The molecule has 0 radical (unpaired) electrons. The molecule has 4 aromatic rings. The summed E-state index contributed by atoms with van der Waals surface area (Å²) in [4.78, 5) is 4.71. The van der Waals surface area contributed by atoms with Crippen LogP contribution in [-0.2, 0) is 30.2 Å². The third-order valence-corrected chi connectivity index (χ3v) is 6.68. The minimum absolute atomic E-state index is 0.228. The smallest absolute Gasteiger partial charge is 0.261 e. The fourth-order valence-corrected chi connectivity index (χ4v) is 4.97. The van der Waals surface area contributed by atoms with Gasteiger partial charge in [0.2, 0.25) is 0 Å². The zero-order chi connectivity index (χ0) is 20.0. The van der Waals surface area contributed by atoms with Crippen molar-refractivity contribution < 1.29 is 8.42 Å². The van der Waals surface area contributed by atoms with Crippen molar-refractivity contribution in [2.45, 2.75) is 18.0 Å². The molecule has 1 aliphatic rings. The van der Waals surface area contributed by atoms with Gasteiger partial charge in [-0.15, -0.1) is 0 Å². The van der Waals surface area contributed by atoms with Gasteiger partial charge in [0, 0.05) is 38.1 Å². The van der Waals surface area contributed by atoms with E-state index in [1.807, 2.05) is 17.8 Å². The van der Waals surface area contributed by atoms with Gasteiger partial charge in [-0.2, -0.15) is 0 Å². The van der Waals surface area contributed by atoms with Crippen LogP contribution in [0.15, 0.2) is 71.9 Å². The fourth-order valence-electron chi connectivity index (χ4n) is 3.87. The Hall–Kier alpha value is -3.16. The molecular weight excluding hydrogens is 384 g/mol. The monoisotopic (exact) mass is 404 g/mol. The first-order valence-corrected chi connectivity index (χ1v) is 10.9. The van der Waals surface area contributed by atoms with E-state index in [0.29, 0.717) is 5.69 Å². The second-order valence-electron chi connectivity index (χ2n) is 7.22. The van der Waals surface area contributed by atoms with E-state index in [1.54, 1.807) is 42.6 Å². The van der Waals surface area contributed by atoms with E-state index < -0.39 is 10.0 Å². The van der Waals surface area contributed by atoms with Gasteiger partial charge in [0.15, 0.2) is 0 Å². The van der Waals surface area contributed by atoms with Crippen LogP contribution in [0.4, 0.5) is 5.69 Å². The Labute approximate surface area is 169 Å². The summed E-state index contributed by atoms with van der Waals surface area (Å²) in [7, 11) is -1.78. The molecule has 0 spiro atoms. The molecule has 2 N–H and O–H groups in total. The number of anilines is 1. The summed E-state index contributed by atoms with van der Waals surface area (Å²) in [5.74, 6) is 0. The van der Waals surface area contributed by atoms with E-state index in [2.05, 4.69) is 33.2 Å². The number of benzene rings is 2. The van der Waals surface area contributed by atoms with Gasteiger partial charge in [0.25, 0.3) is 10.0 Å². The molecule has 2 aromatic heterocycles. The summed E-state index contributed by atoms with van der Waals surface area (Å²) < 4.78 is 30.5. The average Bonchev–Trinajstić information content (AvgIpc) is 3.33. The zero-order valence-electron chi connectivity index (χ0n) is 15.9. The highest BCUT2D eigenvalue weighted by atomic mass is 32.2. The first-order valence-electron chi connectivity index (χ1n) is 9.38. The van der Waals surface area contributed by atoms with Gasteiger partial charge < -0.3 is 9.88 Å². The first-order chi connectivity index (χ1) is 14.0. The predicted octanol–water partition coefficient (Wildman–Crippen LogP) is 3.64. The molecule has 0 bridgehead atoms. The molecule has 0 saturated heterocycles. The molecule has 29 heavy (non-hydrogen) atoms. The van der Waals surface area contributed by atoms with E-state index in [0.717, 1.165) is 35.2 Å². The SMILES string of the molecule is Cn1cc(-c2ccc3c(c2)CNC3)c2c(NS(=O)(=O)c3ccccc3)ccnc21. The Balaban J connectivity index is 1.66. The molecule has 0 amide bonds. The van der Waals surface area contributed by atoms with Gasteiger partial charge in [-0.1, -0.05) is 30.3 Å². The van der Waals surface area contributed by atoms with Crippen LogP contribution in [0.3, 0.4) is 0 Å². The highest BCUT2D eigenvalue weighted by molar-refractivity contribution is 7.92. The van der Waals surface area contributed by atoms with Crippen LogP contribution in [0.1, 0.15) is 11.1 Å². The van der Waals surface area contributed by atoms with Crippen molar-refractivity contribution in [3.63, 3.8) is 0 Å². The second-order valence-corrected chi connectivity index (χ2v) is 8.90. The summed E-state index contributed by atoms with van der Waals surface area (Å²) >= 11 is 0. The van der Waals surface area contributed by atoms with E-state index in [9.17, 15) is 8.42 Å². The lowest BCUT2D eigenvalue weighted by atomic mass is 10.0. The number of sulfonamides is 1. The molecular formula is C22H20N4O2S. The number of aryl methyl sites for hydroxylation is 1. The molecule has 7 heteroatoms. The average molecular weight is 404 g/mol. The Morgan fingerprint density at radius 2 is 1.83 bits per heavy atom. The minimum Gasteiger partial charge on any atom is -0.335 e. The Bertz CT molecular complexity index is 1330. The van der Waals surface area contributed by atoms with Gasteiger partial charge in [-0.05, 0) is 41.0 Å². The third-order valence-electron chi connectivity index (χ3n) is 5.30. The van der Waals surface area contributed by atoms with Crippen molar-refractivity contribution >= 4 is 26.7 Å². The molecule has 0 fully saturated rings. The summed E-state index contributed by atoms with van der Waals surface area (Å²) in [6.07, 6.45) is 3.63. The Morgan fingerprint density at radius 1 is 1.03 bits per heavy atom. The summed E-state index contributed by atoms with van der Waals surface area (Å²) in [6.45, 7) is 1.73. The van der Waals surface area contributed by atoms with Gasteiger partial charge in [-0.3, -0.25) is 4.72 Å². The van der Waals surface area contributed by atoms with Gasteiger partial charge >= 0.3 is 0 Å². The maximum atomic E-state index is 12.9. The maximum absolute atomic E-state index is 12.9. The largest absolute Gasteiger partial charge is 0.335 e. The lowest BCUT2D eigenvalue weighted by Crippen LogP contribution is -2.13. The second kappa shape index (κ2) is 6.72. The molecule has 5 rings (SSSR count). The number of rotatable bonds is 4. The van der Waals surface area contributed by atoms with Crippen molar-refractivity contribution in [2.24, 2.45) is 7.05 Å². The van der Waals surface area contributed by atoms with E-state index >= 15 is 0 Å². The topological polar surface area (TPSA) is 76.0 Å². The molecule has 1 aliphatic heterocycles. The normalized spacial score (nSPS) is 13.6. The van der Waals surface area contributed by atoms with Crippen LogP contribution in [0.5, 0.6) is 0 Å². The number of hydrogen-bond donors (Lipinski definition) is 2. The lowest BCUT2D eigenvalue weighted by Gasteiger charge is -2.11. The summed E-state index contributed by atoms with van der Waals surface area (Å²) in [6, 6.07) is 16.5. The standard InChI is InChI=1S/C22H20N4O2S/c1-26-14-19(15-7-8-16-12-23-13-17(16)11-15)21-20(9-10-24-22(21)26)25-29(27,28)18-5-3-2-4-6-18/h2-11,14,23H,12-13H2,1H3,(H,24,25). The van der Waals surface area contributed by atoms with Crippen molar-refractivity contribution in [2.75, 3.05) is 4.72 Å². The van der Waals surface area contributed by atoms with Crippen LogP contribution in [0, 0.1) is 0 Å². The van der Waals surface area contributed by atoms with Crippen LogP contribution in [-0.4, -0.2) is 18.0 Å². The summed E-state index contributed by atoms with van der Waals surface area (Å²) in [5, 5.41) is 4.15. The maximum Gasteiger partial charge on any atom is 0.261 e. The Morgan fingerprint density at radius 3 is 2.66 bits per heavy atom. The van der Waals surface area contributed by atoms with E-state index in [1.165, 1.54) is 11.1 Å². The molecule has 3 heterocycles. The number of fused-ring (bicyclic) bond motifs is 2. The quantitative estimate of drug-likeness (QED) is 0.544. The van der Waals surface area contributed by atoms with Gasteiger partial charge in [0.05, 0.1) is 16.0 Å².